The number of hydrogen-bond acceptors (Lipinski definition) is 3. The van der Waals surface area contributed by atoms with Crippen LogP contribution in [0.3, 0.4) is 0 Å². The van der Waals surface area contributed by atoms with Crippen molar-refractivity contribution in [3.63, 3.8) is 0 Å². The van der Waals surface area contributed by atoms with Crippen molar-refractivity contribution in [2.24, 2.45) is 0 Å². The molecular weight excluding hydrogens is 287 g/mol. The Kier molecular flexibility index (Phi) is 4.53. The molecule has 0 radical (unpaired) electrons. The van der Waals surface area contributed by atoms with Gasteiger partial charge in [-0.2, -0.15) is 0 Å². The minimum Gasteiger partial charge on any atom is -0.497 e. The number of methoxy groups -OCH3 is 1. The maximum absolute atomic E-state index is 9.05. The van der Waals surface area contributed by atoms with Crippen LogP contribution in [0.1, 0.15) is 5.56 Å². The molecule has 19 heavy (non-hydrogen) atoms. The third-order valence-electron chi connectivity index (χ3n) is 2.52. The van der Waals surface area contributed by atoms with E-state index in [9.17, 15) is 0 Å². The van der Waals surface area contributed by atoms with Crippen LogP contribution in [0.25, 0.3) is 0 Å². The van der Waals surface area contributed by atoms with Crippen LogP contribution in [0.2, 0.25) is 10.0 Å². The Hall–Kier alpha value is -1.42. The maximum atomic E-state index is 9.05. The molecule has 0 aliphatic rings. The van der Waals surface area contributed by atoms with Gasteiger partial charge in [0, 0.05) is 0 Å². The summed E-state index contributed by atoms with van der Waals surface area (Å²) in [4.78, 5) is 0. The van der Waals surface area contributed by atoms with Crippen LogP contribution in [0.15, 0.2) is 36.4 Å². The first-order valence-corrected chi connectivity index (χ1v) is 6.30. The van der Waals surface area contributed by atoms with Crippen molar-refractivity contribution in [3.8, 4) is 17.2 Å². The summed E-state index contributed by atoms with van der Waals surface area (Å²) in [7, 11) is 1.59. The molecule has 0 fully saturated rings. The highest BCUT2D eigenvalue weighted by Gasteiger charge is 2.10. The number of aliphatic hydroxyl groups excluding tert-OH is 1. The van der Waals surface area contributed by atoms with Crippen molar-refractivity contribution in [1.29, 1.82) is 0 Å². The zero-order chi connectivity index (χ0) is 13.8. The Labute approximate surface area is 121 Å². The van der Waals surface area contributed by atoms with E-state index in [0.717, 1.165) is 5.75 Å². The first-order valence-electron chi connectivity index (χ1n) is 5.54. The molecule has 100 valence electrons. The van der Waals surface area contributed by atoms with Gasteiger partial charge in [0.2, 0.25) is 0 Å². The van der Waals surface area contributed by atoms with Crippen LogP contribution >= 0.6 is 23.2 Å². The average Bonchev–Trinajstić information content (AvgIpc) is 2.43. The van der Waals surface area contributed by atoms with E-state index in [1.54, 1.807) is 43.5 Å². The molecule has 0 heterocycles. The number of ether oxygens (including phenoxy) is 2. The minimum absolute atomic E-state index is 0.123. The first-order chi connectivity index (χ1) is 9.13. The fourth-order valence-electron chi connectivity index (χ4n) is 1.56. The molecule has 0 bridgehead atoms. The lowest BCUT2D eigenvalue weighted by Crippen LogP contribution is -1.90. The second kappa shape index (κ2) is 6.15. The van der Waals surface area contributed by atoms with Crippen molar-refractivity contribution in [1.82, 2.24) is 0 Å². The molecule has 2 rings (SSSR count). The highest BCUT2D eigenvalue weighted by molar-refractivity contribution is 6.37. The number of halogens is 2. The van der Waals surface area contributed by atoms with Crippen LogP contribution in [-0.2, 0) is 6.61 Å². The van der Waals surface area contributed by atoms with Crippen LogP contribution in [-0.4, -0.2) is 12.2 Å². The van der Waals surface area contributed by atoms with Gasteiger partial charge in [-0.05, 0) is 42.0 Å². The number of benzene rings is 2. The van der Waals surface area contributed by atoms with Crippen LogP contribution in [0, 0.1) is 0 Å². The fraction of sp³-hybridized carbons (Fsp3) is 0.143. The molecule has 0 saturated heterocycles. The molecule has 0 aliphatic heterocycles. The van der Waals surface area contributed by atoms with Gasteiger partial charge in [-0.25, -0.2) is 0 Å². The molecule has 1 N–H and O–H groups in total. The van der Waals surface area contributed by atoms with E-state index >= 15 is 0 Å². The molecule has 0 atom stereocenters. The third-order valence-corrected chi connectivity index (χ3v) is 3.08. The number of rotatable bonds is 4. The second-order valence-electron chi connectivity index (χ2n) is 3.82. The summed E-state index contributed by atoms with van der Waals surface area (Å²) in [5.74, 6) is 1.70. The van der Waals surface area contributed by atoms with Gasteiger partial charge >= 0.3 is 0 Å². The molecule has 2 aromatic carbocycles. The molecule has 5 heteroatoms. The molecule has 2 aromatic rings. The quantitative estimate of drug-likeness (QED) is 0.915. The SMILES string of the molecule is COc1ccc(Oc2c(Cl)cc(CO)cc2Cl)cc1. The van der Waals surface area contributed by atoms with Gasteiger partial charge in [-0.1, -0.05) is 23.2 Å². The van der Waals surface area contributed by atoms with Gasteiger partial charge in [-0.15, -0.1) is 0 Å². The lowest BCUT2D eigenvalue weighted by atomic mass is 10.2. The number of hydrogen-bond donors (Lipinski definition) is 1. The van der Waals surface area contributed by atoms with Gasteiger partial charge in [0.25, 0.3) is 0 Å². The molecule has 0 saturated carbocycles. The standard InChI is InChI=1S/C14H12Cl2O3/c1-18-10-2-4-11(5-3-10)19-14-12(15)6-9(8-17)7-13(14)16/h2-7,17H,8H2,1H3. The molecule has 0 aromatic heterocycles. The van der Waals surface area contributed by atoms with Crippen LogP contribution < -0.4 is 9.47 Å². The summed E-state index contributed by atoms with van der Waals surface area (Å²) in [5.41, 5.74) is 0.636. The van der Waals surface area contributed by atoms with Crippen LogP contribution in [0.4, 0.5) is 0 Å². The summed E-state index contributed by atoms with van der Waals surface area (Å²) in [6, 6.07) is 10.3. The Morgan fingerprint density at radius 3 is 2.00 bits per heavy atom. The lowest BCUT2D eigenvalue weighted by Gasteiger charge is -2.11. The third kappa shape index (κ3) is 3.32. The number of aliphatic hydroxyl groups is 1. The summed E-state index contributed by atoms with van der Waals surface area (Å²) in [6.07, 6.45) is 0. The van der Waals surface area contributed by atoms with Crippen molar-refractivity contribution in [2.75, 3.05) is 7.11 Å². The summed E-state index contributed by atoms with van der Waals surface area (Å²) in [6.45, 7) is -0.123. The molecule has 0 unspecified atom stereocenters. The Bertz CT molecular complexity index is 544. The molecule has 0 amide bonds. The maximum Gasteiger partial charge on any atom is 0.164 e. The van der Waals surface area contributed by atoms with Gasteiger partial charge in [0.1, 0.15) is 11.5 Å². The molecule has 0 spiro atoms. The summed E-state index contributed by atoms with van der Waals surface area (Å²) in [5, 5.41) is 9.76. The summed E-state index contributed by atoms with van der Waals surface area (Å²) >= 11 is 12.2. The fourth-order valence-corrected chi connectivity index (χ4v) is 2.17. The zero-order valence-electron chi connectivity index (χ0n) is 10.2. The van der Waals surface area contributed by atoms with Gasteiger partial charge in [0.15, 0.2) is 5.75 Å². The smallest absolute Gasteiger partial charge is 0.164 e. The van der Waals surface area contributed by atoms with E-state index in [0.29, 0.717) is 27.1 Å². The van der Waals surface area contributed by atoms with Crippen LogP contribution in [0.5, 0.6) is 17.2 Å². The van der Waals surface area contributed by atoms with E-state index in [1.807, 2.05) is 0 Å². The predicted molar refractivity (Wildman–Crippen MR) is 75.5 cm³/mol. The predicted octanol–water partition coefficient (Wildman–Crippen LogP) is 4.29. The van der Waals surface area contributed by atoms with E-state index in [2.05, 4.69) is 0 Å². The average molecular weight is 299 g/mol. The Morgan fingerprint density at radius 2 is 1.53 bits per heavy atom. The van der Waals surface area contributed by atoms with E-state index < -0.39 is 0 Å². The van der Waals surface area contributed by atoms with Crippen molar-refractivity contribution < 1.29 is 14.6 Å². The van der Waals surface area contributed by atoms with Gasteiger partial charge in [0.05, 0.1) is 23.8 Å². The topological polar surface area (TPSA) is 38.7 Å². The monoisotopic (exact) mass is 298 g/mol. The minimum atomic E-state index is -0.123. The van der Waals surface area contributed by atoms with E-state index in [4.69, 9.17) is 37.8 Å². The first kappa shape index (κ1) is 14.0. The zero-order valence-corrected chi connectivity index (χ0v) is 11.7. The van der Waals surface area contributed by atoms with Crippen molar-refractivity contribution in [3.05, 3.63) is 52.0 Å². The highest BCUT2D eigenvalue weighted by Crippen LogP contribution is 2.37. The van der Waals surface area contributed by atoms with Gasteiger partial charge in [-0.3, -0.25) is 0 Å². The molecular formula is C14H12Cl2O3. The highest BCUT2D eigenvalue weighted by atomic mass is 35.5. The second-order valence-corrected chi connectivity index (χ2v) is 4.64. The molecule has 3 nitrogen and oxygen atoms in total. The molecule has 0 aliphatic carbocycles. The van der Waals surface area contributed by atoms with E-state index in [-0.39, 0.29) is 6.61 Å². The van der Waals surface area contributed by atoms with Crippen molar-refractivity contribution in [2.45, 2.75) is 6.61 Å². The normalized spacial score (nSPS) is 10.3. The van der Waals surface area contributed by atoms with Gasteiger partial charge < -0.3 is 14.6 Å². The Morgan fingerprint density at radius 1 is 1.00 bits per heavy atom. The van der Waals surface area contributed by atoms with E-state index in [1.165, 1.54) is 0 Å². The lowest BCUT2D eigenvalue weighted by molar-refractivity contribution is 0.281. The Balaban J connectivity index is 2.27. The summed E-state index contributed by atoms with van der Waals surface area (Å²) < 4.78 is 10.7. The largest absolute Gasteiger partial charge is 0.497 e. The van der Waals surface area contributed by atoms with Crippen molar-refractivity contribution >= 4 is 23.2 Å².